The first-order valence-corrected chi connectivity index (χ1v) is 4.93. The second-order valence-electron chi connectivity index (χ2n) is 2.68. The molecule has 0 unspecified atom stereocenters. The molecule has 0 atom stereocenters. The zero-order chi connectivity index (χ0) is 10.7. The van der Waals surface area contributed by atoms with Crippen LogP contribution in [0.15, 0.2) is 18.2 Å². The van der Waals surface area contributed by atoms with Crippen molar-refractivity contribution in [1.29, 1.82) is 0 Å². The Morgan fingerprint density at radius 1 is 1.43 bits per heavy atom. The van der Waals surface area contributed by atoms with Crippen molar-refractivity contribution >= 4 is 40.5 Å². The highest BCUT2D eigenvalue weighted by molar-refractivity contribution is 7.80. The summed E-state index contributed by atoms with van der Waals surface area (Å²) >= 11 is 16.5. The van der Waals surface area contributed by atoms with Crippen LogP contribution < -0.4 is 11.6 Å². The van der Waals surface area contributed by atoms with Gasteiger partial charge in [0.05, 0.1) is 16.6 Å². The fourth-order valence-corrected chi connectivity index (χ4v) is 1.38. The maximum absolute atomic E-state index is 5.94. The number of nitrogens with zero attached hydrogens (tertiary/aromatic N) is 1. The molecule has 1 aromatic carbocycles. The highest BCUT2D eigenvalue weighted by Crippen LogP contribution is 2.25. The molecule has 6 heteroatoms. The monoisotopic (exact) mass is 249 g/mol. The van der Waals surface area contributed by atoms with Gasteiger partial charge in [-0.1, -0.05) is 35.3 Å². The number of thiocarbonyl (C=S) groups is 1. The fourth-order valence-electron chi connectivity index (χ4n) is 0.932. The Balaban J connectivity index is 2.87. The van der Waals surface area contributed by atoms with Crippen molar-refractivity contribution < 1.29 is 0 Å². The number of hydrogen-bond acceptors (Lipinski definition) is 2. The Labute approximate surface area is 97.5 Å². The first kappa shape index (κ1) is 11.5. The van der Waals surface area contributed by atoms with Crippen LogP contribution in [0.2, 0.25) is 10.0 Å². The van der Waals surface area contributed by atoms with Crippen LogP contribution in [0.3, 0.4) is 0 Å². The second-order valence-corrected chi connectivity index (χ2v) is 3.88. The van der Waals surface area contributed by atoms with Gasteiger partial charge in [-0.15, -0.1) is 0 Å². The van der Waals surface area contributed by atoms with Gasteiger partial charge >= 0.3 is 0 Å². The van der Waals surface area contributed by atoms with E-state index in [0.29, 0.717) is 16.6 Å². The van der Waals surface area contributed by atoms with Crippen molar-refractivity contribution in [3.05, 3.63) is 33.8 Å². The molecule has 0 amide bonds. The molecule has 1 rings (SSSR count). The van der Waals surface area contributed by atoms with Gasteiger partial charge in [-0.05, 0) is 23.8 Å². The van der Waals surface area contributed by atoms with Gasteiger partial charge in [0.25, 0.3) is 0 Å². The minimum absolute atomic E-state index is 0.112. The van der Waals surface area contributed by atoms with Gasteiger partial charge in [-0.25, -0.2) is 5.84 Å². The molecule has 14 heavy (non-hydrogen) atoms. The Bertz CT molecular complexity index is 356. The molecule has 0 radical (unpaired) electrons. The van der Waals surface area contributed by atoms with E-state index in [1.165, 1.54) is 5.01 Å². The predicted molar refractivity (Wildman–Crippen MR) is 63.0 cm³/mol. The van der Waals surface area contributed by atoms with Crippen LogP contribution in [0.25, 0.3) is 0 Å². The van der Waals surface area contributed by atoms with Crippen LogP contribution in [0.1, 0.15) is 5.56 Å². The average Bonchev–Trinajstić information content (AvgIpc) is 2.12. The molecular weight excluding hydrogens is 241 g/mol. The van der Waals surface area contributed by atoms with Crippen LogP contribution >= 0.6 is 35.4 Å². The quantitative estimate of drug-likeness (QED) is 0.478. The number of hydrogen-bond donors (Lipinski definition) is 2. The van der Waals surface area contributed by atoms with Crippen LogP contribution in [0.4, 0.5) is 0 Å². The van der Waals surface area contributed by atoms with E-state index in [4.69, 9.17) is 47.0 Å². The van der Waals surface area contributed by atoms with Crippen LogP contribution in [0, 0.1) is 0 Å². The Morgan fingerprint density at radius 3 is 2.64 bits per heavy atom. The molecule has 76 valence electrons. The minimum atomic E-state index is 0.112. The van der Waals surface area contributed by atoms with E-state index in [2.05, 4.69) is 0 Å². The Kier molecular flexibility index (Phi) is 3.95. The van der Waals surface area contributed by atoms with Crippen LogP contribution in [0.5, 0.6) is 0 Å². The Hall–Kier alpha value is -0.550. The van der Waals surface area contributed by atoms with Gasteiger partial charge in [0.15, 0.2) is 5.11 Å². The molecule has 1 aromatic rings. The molecule has 0 aliphatic heterocycles. The van der Waals surface area contributed by atoms with Crippen molar-refractivity contribution in [1.82, 2.24) is 5.01 Å². The van der Waals surface area contributed by atoms with E-state index in [0.717, 1.165) is 5.56 Å². The van der Waals surface area contributed by atoms with E-state index in [9.17, 15) is 0 Å². The molecule has 0 bridgehead atoms. The molecule has 0 fully saturated rings. The normalized spacial score (nSPS) is 9.93. The van der Waals surface area contributed by atoms with Gasteiger partial charge in [0.2, 0.25) is 0 Å². The van der Waals surface area contributed by atoms with Crippen molar-refractivity contribution in [2.45, 2.75) is 6.54 Å². The van der Waals surface area contributed by atoms with Crippen molar-refractivity contribution in [2.24, 2.45) is 11.6 Å². The zero-order valence-corrected chi connectivity index (χ0v) is 9.53. The third kappa shape index (κ3) is 2.72. The lowest BCUT2D eigenvalue weighted by Gasteiger charge is -2.17. The maximum Gasteiger partial charge on any atom is 0.180 e. The highest BCUT2D eigenvalue weighted by atomic mass is 35.5. The summed E-state index contributed by atoms with van der Waals surface area (Å²) in [5, 5.41) is 2.30. The zero-order valence-electron chi connectivity index (χ0n) is 7.21. The summed E-state index contributed by atoms with van der Waals surface area (Å²) in [4.78, 5) is 0. The van der Waals surface area contributed by atoms with Gasteiger partial charge in [0, 0.05) is 0 Å². The molecule has 4 N–H and O–H groups in total. The largest absolute Gasteiger partial charge is 0.375 e. The topological polar surface area (TPSA) is 55.3 Å². The summed E-state index contributed by atoms with van der Waals surface area (Å²) in [7, 11) is 0. The number of nitrogens with two attached hydrogens (primary N) is 2. The van der Waals surface area contributed by atoms with Crippen molar-refractivity contribution in [3.8, 4) is 0 Å². The van der Waals surface area contributed by atoms with E-state index in [-0.39, 0.29) is 5.11 Å². The van der Waals surface area contributed by atoms with Gasteiger partial charge in [-0.2, -0.15) is 0 Å². The van der Waals surface area contributed by atoms with Gasteiger partial charge < -0.3 is 5.73 Å². The molecule has 0 aromatic heterocycles. The standard InChI is InChI=1S/C8H9Cl2N3S/c9-6-3-1-2-5(7(6)10)4-13(12)8(11)14/h1-3H,4,12H2,(H2,11,14). The lowest BCUT2D eigenvalue weighted by atomic mass is 10.2. The van der Waals surface area contributed by atoms with Crippen molar-refractivity contribution in [3.63, 3.8) is 0 Å². The molecular formula is C8H9Cl2N3S. The van der Waals surface area contributed by atoms with Gasteiger partial charge in [0.1, 0.15) is 0 Å². The molecule has 0 heterocycles. The summed E-state index contributed by atoms with van der Waals surface area (Å²) in [6.07, 6.45) is 0. The summed E-state index contributed by atoms with van der Waals surface area (Å²) in [5.41, 5.74) is 6.11. The summed E-state index contributed by atoms with van der Waals surface area (Å²) < 4.78 is 0. The number of benzene rings is 1. The highest BCUT2D eigenvalue weighted by Gasteiger charge is 2.07. The molecule has 3 nitrogen and oxygen atoms in total. The van der Waals surface area contributed by atoms with Crippen molar-refractivity contribution in [2.75, 3.05) is 0 Å². The lowest BCUT2D eigenvalue weighted by molar-refractivity contribution is 0.437. The predicted octanol–water partition coefficient (Wildman–Crippen LogP) is 1.91. The molecule has 0 saturated carbocycles. The van der Waals surface area contributed by atoms with E-state index in [1.807, 2.05) is 6.07 Å². The fraction of sp³-hybridized carbons (Fsp3) is 0.125. The molecule has 0 spiro atoms. The Morgan fingerprint density at radius 2 is 2.07 bits per heavy atom. The molecule has 0 aliphatic rings. The average molecular weight is 250 g/mol. The number of hydrazine groups is 1. The summed E-state index contributed by atoms with van der Waals surface area (Å²) in [6, 6.07) is 5.30. The summed E-state index contributed by atoms with van der Waals surface area (Å²) in [5.74, 6) is 5.53. The SMILES string of the molecule is NC(=S)N(N)Cc1cccc(Cl)c1Cl. The third-order valence-electron chi connectivity index (χ3n) is 1.66. The molecule has 0 saturated heterocycles. The molecule has 0 aliphatic carbocycles. The maximum atomic E-state index is 5.94. The summed E-state index contributed by atoms with van der Waals surface area (Å²) in [6.45, 7) is 0.342. The van der Waals surface area contributed by atoms with E-state index < -0.39 is 0 Å². The minimum Gasteiger partial charge on any atom is -0.375 e. The lowest BCUT2D eigenvalue weighted by Crippen LogP contribution is -2.40. The first-order chi connectivity index (χ1) is 6.52. The smallest absolute Gasteiger partial charge is 0.180 e. The number of rotatable bonds is 2. The third-order valence-corrected chi connectivity index (χ3v) is 2.75. The van der Waals surface area contributed by atoms with Crippen LogP contribution in [-0.2, 0) is 6.54 Å². The van der Waals surface area contributed by atoms with E-state index in [1.54, 1.807) is 12.1 Å². The van der Waals surface area contributed by atoms with E-state index >= 15 is 0 Å². The van der Waals surface area contributed by atoms with Crippen LogP contribution in [-0.4, -0.2) is 10.1 Å². The second kappa shape index (κ2) is 4.79. The first-order valence-electron chi connectivity index (χ1n) is 3.77. The number of halogens is 2. The van der Waals surface area contributed by atoms with Gasteiger partial charge in [-0.3, -0.25) is 5.01 Å².